The summed E-state index contributed by atoms with van der Waals surface area (Å²) in [7, 11) is 0. The van der Waals surface area contributed by atoms with Crippen LogP contribution < -0.4 is 4.90 Å². The molecular weight excluding hydrogens is 777 g/mol. The van der Waals surface area contributed by atoms with Gasteiger partial charge in [0.25, 0.3) is 0 Å². The molecule has 12 aromatic rings. The van der Waals surface area contributed by atoms with Gasteiger partial charge in [-0.3, -0.25) is 0 Å². The van der Waals surface area contributed by atoms with Crippen LogP contribution in [0.25, 0.3) is 71.7 Å². The molecule has 3 heteroatoms. The number of aromatic nitrogens is 1. The number of benzene rings is 10. The highest BCUT2D eigenvalue weighted by molar-refractivity contribution is 6.12. The van der Waals surface area contributed by atoms with E-state index in [0.29, 0.717) is 22.4 Å². The predicted molar refractivity (Wildman–Crippen MR) is 265 cm³/mol. The fourth-order valence-corrected chi connectivity index (χ4v) is 9.98. The number of anilines is 3. The molecule has 0 atom stereocenters. The minimum atomic E-state index is -2.15. The Morgan fingerprint density at radius 1 is 0.422 bits per heavy atom. The highest BCUT2D eigenvalue weighted by atomic mass is 16.3. The first kappa shape index (κ1) is 26.2. The fourth-order valence-electron chi connectivity index (χ4n) is 9.98. The number of nitrogens with zero attached hydrogens (tertiary/aromatic N) is 2. The fraction of sp³-hybridized carbons (Fsp3) is 0.0164. The van der Waals surface area contributed by atoms with Crippen molar-refractivity contribution in [3.8, 4) is 27.9 Å². The van der Waals surface area contributed by atoms with Crippen molar-refractivity contribution in [3.05, 3.63) is 265 Å². The maximum Gasteiger partial charge on any atom is 0.137 e. The first-order chi connectivity index (χ1) is 36.7. The van der Waals surface area contributed by atoms with Crippen LogP contribution >= 0.6 is 0 Å². The molecule has 64 heavy (non-hydrogen) atoms. The van der Waals surface area contributed by atoms with Crippen LogP contribution in [0.4, 0.5) is 17.1 Å². The lowest BCUT2D eigenvalue weighted by atomic mass is 9.68. The molecule has 0 radical (unpaired) electrons. The van der Waals surface area contributed by atoms with Crippen LogP contribution in [0.1, 0.15) is 38.7 Å². The monoisotopic (exact) mass is 828 g/mol. The maximum atomic E-state index is 9.78. The average molecular weight is 829 g/mol. The van der Waals surface area contributed by atoms with Gasteiger partial charge >= 0.3 is 0 Å². The molecule has 0 spiro atoms. The van der Waals surface area contributed by atoms with E-state index in [4.69, 9.17) is 15.4 Å². The molecule has 0 unspecified atom stereocenters. The van der Waals surface area contributed by atoms with Crippen molar-refractivity contribution in [2.24, 2.45) is 0 Å². The van der Waals surface area contributed by atoms with Gasteiger partial charge in [-0.1, -0.05) is 182 Å². The molecule has 0 aliphatic heterocycles. The quantitative estimate of drug-likeness (QED) is 0.160. The highest BCUT2D eigenvalue weighted by Gasteiger charge is 2.47. The summed E-state index contributed by atoms with van der Waals surface area (Å²) in [6.45, 7) is 0. The summed E-state index contributed by atoms with van der Waals surface area (Å²) < 4.78 is 118. The number of hydrogen-bond donors (Lipinski definition) is 0. The minimum absolute atomic E-state index is 0.0257. The maximum absolute atomic E-state index is 9.78. The molecule has 0 bridgehead atoms. The summed E-state index contributed by atoms with van der Waals surface area (Å²) in [6.07, 6.45) is 0. The van der Waals surface area contributed by atoms with Crippen LogP contribution in [0.3, 0.4) is 0 Å². The molecule has 2 aromatic heterocycles. The van der Waals surface area contributed by atoms with Crippen molar-refractivity contribution in [2.75, 3.05) is 4.90 Å². The third kappa shape index (κ3) is 5.34. The molecule has 13 rings (SSSR count). The summed E-state index contributed by atoms with van der Waals surface area (Å²) in [5, 5.41) is 3.70. The molecule has 0 saturated heterocycles. The van der Waals surface area contributed by atoms with Crippen LogP contribution in [0, 0.1) is 0 Å². The minimum Gasteiger partial charge on any atom is -0.456 e. The molecule has 0 fully saturated rings. The molecule has 3 nitrogen and oxygen atoms in total. The molecule has 300 valence electrons. The Balaban J connectivity index is 1.13. The van der Waals surface area contributed by atoms with Crippen molar-refractivity contribution in [1.29, 1.82) is 0 Å². The molecule has 1 aliphatic rings. The smallest absolute Gasteiger partial charge is 0.137 e. The Morgan fingerprint density at radius 2 is 1.05 bits per heavy atom. The third-order valence-corrected chi connectivity index (χ3v) is 12.7. The topological polar surface area (TPSA) is 21.3 Å². The largest absolute Gasteiger partial charge is 0.456 e. The number of furan rings is 1. The van der Waals surface area contributed by atoms with Crippen molar-refractivity contribution in [2.45, 2.75) is 5.41 Å². The van der Waals surface area contributed by atoms with Crippen molar-refractivity contribution >= 4 is 60.8 Å². The number of para-hydroxylation sites is 2. The van der Waals surface area contributed by atoms with Crippen molar-refractivity contribution < 1.29 is 20.9 Å². The van der Waals surface area contributed by atoms with E-state index in [1.165, 1.54) is 12.1 Å². The van der Waals surface area contributed by atoms with E-state index < -0.39 is 77.9 Å². The molecule has 0 N–H and O–H groups in total. The zero-order valence-corrected chi connectivity index (χ0v) is 34.0. The van der Waals surface area contributed by atoms with Gasteiger partial charge < -0.3 is 13.9 Å². The van der Waals surface area contributed by atoms with Crippen molar-refractivity contribution in [1.82, 2.24) is 4.57 Å². The summed E-state index contributed by atoms with van der Waals surface area (Å²) >= 11 is 0. The van der Waals surface area contributed by atoms with Crippen LogP contribution in [0.15, 0.2) is 247 Å². The van der Waals surface area contributed by atoms with Gasteiger partial charge in [0.15, 0.2) is 0 Å². The molecule has 0 saturated carbocycles. The van der Waals surface area contributed by atoms with Gasteiger partial charge in [-0.2, -0.15) is 0 Å². The second-order valence-corrected chi connectivity index (χ2v) is 15.9. The van der Waals surface area contributed by atoms with Crippen molar-refractivity contribution in [3.63, 3.8) is 0 Å². The average Bonchev–Trinajstić information content (AvgIpc) is 4.15. The lowest BCUT2D eigenvalue weighted by Gasteiger charge is -2.34. The van der Waals surface area contributed by atoms with Crippen LogP contribution in [0.5, 0.6) is 0 Å². The SMILES string of the molecule is [2H]c1cc(C2(c3cc([2H])c([2H])c([2H])c3[2H])c3cccc(-n4c5ccccc5c5ccc(N(c6ccc(-c7ccccc7)cc6)c6ccc7c(c6)oc6ccccc67)cc54)c3-c3c([2H])c([2H])c([2H])c([2H])c32)c([2H])c([2H])c1[2H]. The number of rotatable bonds is 7. The molecular formula is C61H40N2O. The zero-order chi connectivity index (χ0) is 52.6. The number of fused-ring (bicyclic) bond motifs is 9. The third-order valence-electron chi connectivity index (χ3n) is 12.7. The summed E-state index contributed by atoms with van der Waals surface area (Å²) in [6, 6.07) is 47.9. The normalized spacial score (nSPS) is 15.4. The Bertz CT molecular complexity index is 4390. The Morgan fingerprint density at radius 3 is 1.86 bits per heavy atom. The lowest BCUT2D eigenvalue weighted by Crippen LogP contribution is -2.28. The van der Waals surface area contributed by atoms with E-state index in [9.17, 15) is 5.48 Å². The van der Waals surface area contributed by atoms with Gasteiger partial charge in [0.2, 0.25) is 0 Å². The van der Waals surface area contributed by atoms with E-state index >= 15 is 0 Å². The van der Waals surface area contributed by atoms with E-state index in [1.54, 1.807) is 12.1 Å². The Labute approximate surface area is 388 Å². The van der Waals surface area contributed by atoms with Gasteiger partial charge in [0.05, 0.1) is 38.6 Å². The molecule has 10 aromatic carbocycles. The number of hydrogen-bond acceptors (Lipinski definition) is 2. The summed E-state index contributed by atoms with van der Waals surface area (Å²) in [5.74, 6) is 0. The van der Waals surface area contributed by atoms with Crippen LogP contribution in [0.2, 0.25) is 0 Å². The lowest BCUT2D eigenvalue weighted by molar-refractivity contribution is 0.669. The molecule has 2 heterocycles. The second kappa shape index (κ2) is 14.3. The van der Waals surface area contributed by atoms with Gasteiger partial charge in [-0.15, -0.1) is 0 Å². The highest BCUT2D eigenvalue weighted by Crippen LogP contribution is 2.58. The zero-order valence-electron chi connectivity index (χ0n) is 46.0. The first-order valence-corrected chi connectivity index (χ1v) is 21.0. The van der Waals surface area contributed by atoms with E-state index in [1.807, 2.05) is 83.4 Å². The molecule has 1 aliphatic carbocycles. The van der Waals surface area contributed by atoms with Gasteiger partial charge in [-0.25, -0.2) is 0 Å². The van der Waals surface area contributed by atoms with Crippen LogP contribution in [-0.2, 0) is 5.41 Å². The first-order valence-electron chi connectivity index (χ1n) is 27.0. The second-order valence-electron chi connectivity index (χ2n) is 15.9. The standard InChI is InChI=1S/C61H40N2O/c1-4-17-41(18-5-1)42-31-33-45(34-32-42)62(47-36-38-51-50-24-12-15-30-58(50)64-59(51)40-47)46-35-37-49-48-23-11-14-28-55(48)63(57(49)39-46)56-29-16-27-54-60(56)52-25-10-13-26-53(52)61(54,43-19-6-2-7-20-43)44-21-8-3-9-22-44/h1-40H/i2D,3D,6D,7D,8D,9D,10D,13D,19D,21D,25D,26D. The van der Waals surface area contributed by atoms with E-state index in [0.717, 1.165) is 60.8 Å². The predicted octanol–water partition coefficient (Wildman–Crippen LogP) is 16.2. The van der Waals surface area contributed by atoms with E-state index in [2.05, 4.69) is 71.6 Å². The molecule has 0 amide bonds. The Kier molecular flexibility index (Phi) is 5.86. The van der Waals surface area contributed by atoms with E-state index in [-0.39, 0.29) is 27.8 Å². The van der Waals surface area contributed by atoms with Crippen LogP contribution in [-0.4, -0.2) is 4.57 Å². The summed E-state index contributed by atoms with van der Waals surface area (Å²) in [5.41, 5.74) is 5.94. The van der Waals surface area contributed by atoms with Gasteiger partial charge in [0.1, 0.15) is 11.2 Å². The van der Waals surface area contributed by atoms with Gasteiger partial charge in [0, 0.05) is 50.2 Å². The van der Waals surface area contributed by atoms with Gasteiger partial charge in [-0.05, 0) is 93.5 Å². The summed E-state index contributed by atoms with van der Waals surface area (Å²) in [4.78, 5) is 2.15. The Hall–Kier alpha value is -8.40.